The molecule has 0 bridgehead atoms. The minimum atomic E-state index is 0.492. The predicted molar refractivity (Wildman–Crippen MR) is 89.5 cm³/mol. The summed E-state index contributed by atoms with van der Waals surface area (Å²) in [6, 6.07) is 11.3. The van der Waals surface area contributed by atoms with Gasteiger partial charge in [0.15, 0.2) is 0 Å². The van der Waals surface area contributed by atoms with Crippen molar-refractivity contribution in [3.8, 4) is 0 Å². The highest BCUT2D eigenvalue weighted by molar-refractivity contribution is 5.18. The molecule has 1 aromatic rings. The fraction of sp³-hybridized carbons (Fsp3) is 0.684. The molecule has 1 saturated carbocycles. The largest absolute Gasteiger partial charge is 0.378 e. The van der Waals surface area contributed by atoms with Crippen molar-refractivity contribution in [1.82, 2.24) is 5.32 Å². The van der Waals surface area contributed by atoms with E-state index in [1.807, 2.05) is 0 Å². The van der Waals surface area contributed by atoms with Crippen molar-refractivity contribution in [3.05, 3.63) is 35.9 Å². The van der Waals surface area contributed by atoms with E-state index in [0.717, 1.165) is 19.6 Å². The maximum absolute atomic E-state index is 5.99. The van der Waals surface area contributed by atoms with Crippen molar-refractivity contribution in [3.63, 3.8) is 0 Å². The van der Waals surface area contributed by atoms with E-state index in [1.54, 1.807) is 0 Å². The zero-order valence-corrected chi connectivity index (χ0v) is 13.5. The minimum Gasteiger partial charge on any atom is -0.378 e. The van der Waals surface area contributed by atoms with E-state index in [1.165, 1.54) is 50.5 Å². The fourth-order valence-electron chi connectivity index (χ4n) is 3.19. The van der Waals surface area contributed by atoms with Gasteiger partial charge in [-0.15, -0.1) is 0 Å². The maximum Gasteiger partial charge on any atom is 0.0575 e. The average molecular weight is 289 g/mol. The predicted octanol–water partition coefficient (Wildman–Crippen LogP) is 4.86. The van der Waals surface area contributed by atoms with Gasteiger partial charge in [0.25, 0.3) is 0 Å². The molecule has 0 saturated heterocycles. The van der Waals surface area contributed by atoms with Crippen LogP contribution in [0.4, 0.5) is 0 Å². The van der Waals surface area contributed by atoms with Crippen LogP contribution in [0.1, 0.15) is 69.9 Å². The van der Waals surface area contributed by atoms with Crippen LogP contribution >= 0.6 is 0 Å². The zero-order chi connectivity index (χ0) is 14.8. The molecular weight excluding hydrogens is 258 g/mol. The van der Waals surface area contributed by atoms with E-state index < -0.39 is 0 Å². The standard InChI is InChI=1S/C19H31NO/c1-2-10-19(17-11-5-3-6-12-17)20-15-9-16-21-18-13-7-4-8-14-18/h3,5-6,11-12,18-20H,2,4,7-10,13-16H2,1H3. The Hall–Kier alpha value is -0.860. The molecule has 1 fully saturated rings. The molecule has 1 N–H and O–H groups in total. The first-order valence-corrected chi connectivity index (χ1v) is 8.80. The Bertz CT molecular complexity index is 359. The lowest BCUT2D eigenvalue weighted by Crippen LogP contribution is -2.24. The summed E-state index contributed by atoms with van der Waals surface area (Å²) in [7, 11) is 0. The van der Waals surface area contributed by atoms with E-state index in [2.05, 4.69) is 42.6 Å². The highest BCUT2D eigenvalue weighted by Crippen LogP contribution is 2.20. The van der Waals surface area contributed by atoms with Crippen molar-refractivity contribution in [1.29, 1.82) is 0 Å². The molecule has 2 rings (SSSR count). The quantitative estimate of drug-likeness (QED) is 0.656. The summed E-state index contributed by atoms with van der Waals surface area (Å²) in [5.41, 5.74) is 1.41. The van der Waals surface area contributed by atoms with Gasteiger partial charge in [-0.1, -0.05) is 62.9 Å². The first kappa shape index (κ1) is 16.5. The molecule has 0 radical (unpaired) electrons. The van der Waals surface area contributed by atoms with E-state index in [9.17, 15) is 0 Å². The Morgan fingerprint density at radius 1 is 1.14 bits per heavy atom. The molecule has 2 nitrogen and oxygen atoms in total. The smallest absolute Gasteiger partial charge is 0.0575 e. The van der Waals surface area contributed by atoms with Gasteiger partial charge >= 0.3 is 0 Å². The van der Waals surface area contributed by atoms with Gasteiger partial charge in [0.1, 0.15) is 0 Å². The van der Waals surface area contributed by atoms with Gasteiger partial charge in [-0.2, -0.15) is 0 Å². The van der Waals surface area contributed by atoms with E-state index in [-0.39, 0.29) is 0 Å². The van der Waals surface area contributed by atoms with Gasteiger partial charge in [0, 0.05) is 12.6 Å². The number of benzene rings is 1. The second-order valence-electron chi connectivity index (χ2n) is 6.19. The van der Waals surface area contributed by atoms with Crippen LogP contribution in [0.2, 0.25) is 0 Å². The van der Waals surface area contributed by atoms with E-state index >= 15 is 0 Å². The fourth-order valence-corrected chi connectivity index (χ4v) is 3.19. The third-order valence-electron chi connectivity index (χ3n) is 4.40. The van der Waals surface area contributed by atoms with Crippen LogP contribution in [0.5, 0.6) is 0 Å². The summed E-state index contributed by atoms with van der Waals surface area (Å²) in [6.45, 7) is 4.21. The van der Waals surface area contributed by atoms with Crippen LogP contribution in [-0.4, -0.2) is 19.3 Å². The number of nitrogens with one attached hydrogen (secondary N) is 1. The summed E-state index contributed by atoms with van der Waals surface area (Å²) < 4.78 is 5.99. The molecule has 0 aromatic heterocycles. The molecule has 21 heavy (non-hydrogen) atoms. The first-order valence-electron chi connectivity index (χ1n) is 8.80. The first-order chi connectivity index (χ1) is 10.4. The SMILES string of the molecule is CCCC(NCCCOC1CCCCC1)c1ccccc1. The van der Waals surface area contributed by atoms with Gasteiger partial charge in [-0.3, -0.25) is 0 Å². The normalized spacial score (nSPS) is 17.8. The average Bonchev–Trinajstić information content (AvgIpc) is 2.55. The molecule has 1 unspecified atom stereocenters. The molecular formula is C19H31NO. The molecule has 1 aliphatic carbocycles. The number of ether oxygens (including phenoxy) is 1. The summed E-state index contributed by atoms with van der Waals surface area (Å²) >= 11 is 0. The number of rotatable bonds is 9. The molecule has 2 heteroatoms. The van der Waals surface area contributed by atoms with Gasteiger partial charge in [0.05, 0.1) is 6.10 Å². The molecule has 0 heterocycles. The van der Waals surface area contributed by atoms with Crippen LogP contribution < -0.4 is 5.32 Å². The highest BCUT2D eigenvalue weighted by atomic mass is 16.5. The van der Waals surface area contributed by atoms with Crippen molar-refractivity contribution >= 4 is 0 Å². The third-order valence-corrected chi connectivity index (χ3v) is 4.40. The summed E-state index contributed by atoms with van der Waals surface area (Å²) in [4.78, 5) is 0. The Balaban J connectivity index is 1.63. The monoisotopic (exact) mass is 289 g/mol. The molecule has 0 amide bonds. The van der Waals surface area contributed by atoms with Crippen LogP contribution in [0.25, 0.3) is 0 Å². The zero-order valence-electron chi connectivity index (χ0n) is 13.5. The Labute approximate surface area is 130 Å². The van der Waals surface area contributed by atoms with Gasteiger partial charge in [-0.05, 0) is 37.8 Å². The van der Waals surface area contributed by atoms with Crippen LogP contribution in [0.15, 0.2) is 30.3 Å². The van der Waals surface area contributed by atoms with Crippen molar-refractivity contribution < 1.29 is 4.74 Å². The lowest BCUT2D eigenvalue weighted by Gasteiger charge is -2.22. The topological polar surface area (TPSA) is 21.3 Å². The number of hydrogen-bond acceptors (Lipinski definition) is 2. The number of hydrogen-bond donors (Lipinski definition) is 1. The molecule has 1 aromatic carbocycles. The van der Waals surface area contributed by atoms with Gasteiger partial charge in [0.2, 0.25) is 0 Å². The third kappa shape index (κ3) is 6.19. The van der Waals surface area contributed by atoms with Crippen LogP contribution in [0.3, 0.4) is 0 Å². The second-order valence-corrected chi connectivity index (χ2v) is 6.19. The molecule has 1 aliphatic rings. The highest BCUT2D eigenvalue weighted by Gasteiger charge is 2.13. The summed E-state index contributed by atoms with van der Waals surface area (Å²) in [5.74, 6) is 0. The Morgan fingerprint density at radius 2 is 1.90 bits per heavy atom. The summed E-state index contributed by atoms with van der Waals surface area (Å²) in [5, 5.41) is 3.69. The molecule has 0 spiro atoms. The molecule has 118 valence electrons. The van der Waals surface area contributed by atoms with Crippen molar-refractivity contribution in [2.75, 3.05) is 13.2 Å². The van der Waals surface area contributed by atoms with Crippen molar-refractivity contribution in [2.24, 2.45) is 0 Å². The minimum absolute atomic E-state index is 0.492. The van der Waals surface area contributed by atoms with E-state index in [4.69, 9.17) is 4.74 Å². The van der Waals surface area contributed by atoms with Crippen molar-refractivity contribution in [2.45, 2.75) is 70.4 Å². The molecule has 1 atom stereocenters. The van der Waals surface area contributed by atoms with Crippen LogP contribution in [-0.2, 0) is 4.74 Å². The second kappa shape index (κ2) is 9.97. The Morgan fingerprint density at radius 3 is 2.62 bits per heavy atom. The van der Waals surface area contributed by atoms with Crippen LogP contribution in [0, 0.1) is 0 Å². The van der Waals surface area contributed by atoms with E-state index in [0.29, 0.717) is 12.1 Å². The maximum atomic E-state index is 5.99. The molecule has 0 aliphatic heterocycles. The summed E-state index contributed by atoms with van der Waals surface area (Å²) in [6.07, 6.45) is 10.7. The Kier molecular flexibility index (Phi) is 7.83. The lowest BCUT2D eigenvalue weighted by atomic mass is 9.98. The lowest BCUT2D eigenvalue weighted by molar-refractivity contribution is 0.0270. The van der Waals surface area contributed by atoms with Gasteiger partial charge in [-0.25, -0.2) is 0 Å². The van der Waals surface area contributed by atoms with Gasteiger partial charge < -0.3 is 10.1 Å².